The molecule has 2 rings (SSSR count). The Morgan fingerprint density at radius 2 is 1.68 bits per heavy atom. The third-order valence-corrected chi connectivity index (χ3v) is 3.84. The van der Waals surface area contributed by atoms with Crippen molar-refractivity contribution in [2.45, 2.75) is 19.4 Å². The molecule has 0 aliphatic carbocycles. The Morgan fingerprint density at radius 3 is 2.29 bits per heavy atom. The molecule has 0 spiro atoms. The lowest BCUT2D eigenvalue weighted by Gasteiger charge is -2.16. The molecule has 1 unspecified atom stereocenters. The topological polar surface area (TPSA) is 90.9 Å². The van der Waals surface area contributed by atoms with Crippen molar-refractivity contribution < 1.29 is 28.6 Å². The molecule has 148 valence electrons. The first-order valence-electron chi connectivity index (χ1n) is 8.84. The molecule has 0 aromatic heterocycles. The summed E-state index contributed by atoms with van der Waals surface area (Å²) in [4.78, 5) is 36.1. The van der Waals surface area contributed by atoms with E-state index in [2.05, 4.69) is 5.32 Å². The number of carbonyl (C=O) groups is 3. The quantitative estimate of drug-likeness (QED) is 0.665. The monoisotopic (exact) mass is 385 g/mol. The molecule has 0 saturated carbocycles. The van der Waals surface area contributed by atoms with Gasteiger partial charge in [0.05, 0.1) is 19.3 Å². The lowest BCUT2D eigenvalue weighted by atomic mass is 10.1. The third-order valence-electron chi connectivity index (χ3n) is 3.84. The van der Waals surface area contributed by atoms with Crippen molar-refractivity contribution in [1.82, 2.24) is 5.32 Å². The number of hydrogen-bond donors (Lipinski definition) is 1. The van der Waals surface area contributed by atoms with Gasteiger partial charge in [-0.05, 0) is 36.8 Å². The van der Waals surface area contributed by atoms with Gasteiger partial charge < -0.3 is 19.5 Å². The number of amides is 1. The third kappa shape index (κ3) is 6.42. The van der Waals surface area contributed by atoms with E-state index in [0.29, 0.717) is 17.9 Å². The zero-order valence-corrected chi connectivity index (χ0v) is 15.8. The molecular weight excluding hydrogens is 362 g/mol. The lowest BCUT2D eigenvalue weighted by Crippen LogP contribution is -2.44. The van der Waals surface area contributed by atoms with Crippen LogP contribution in [0.15, 0.2) is 54.6 Å². The minimum atomic E-state index is -0.871. The summed E-state index contributed by atoms with van der Waals surface area (Å²) >= 11 is 0. The molecule has 1 N–H and O–H groups in total. The number of carbonyl (C=O) groups excluding carboxylic acids is 3. The van der Waals surface area contributed by atoms with Crippen LogP contribution in [0.2, 0.25) is 0 Å². The summed E-state index contributed by atoms with van der Waals surface area (Å²) in [7, 11) is 1.25. The Kier molecular flexibility index (Phi) is 8.02. The Hall–Kier alpha value is -3.35. The molecule has 7 heteroatoms. The molecule has 0 fully saturated rings. The van der Waals surface area contributed by atoms with E-state index in [0.717, 1.165) is 5.56 Å². The zero-order chi connectivity index (χ0) is 20.4. The summed E-state index contributed by atoms with van der Waals surface area (Å²) < 4.78 is 15.1. The van der Waals surface area contributed by atoms with Gasteiger partial charge in [-0.25, -0.2) is 9.59 Å². The molecule has 0 heterocycles. The van der Waals surface area contributed by atoms with Crippen molar-refractivity contribution >= 4 is 17.8 Å². The van der Waals surface area contributed by atoms with Crippen LogP contribution in [0.5, 0.6) is 5.75 Å². The molecule has 0 aliphatic heterocycles. The molecule has 7 nitrogen and oxygen atoms in total. The fourth-order valence-corrected chi connectivity index (χ4v) is 2.49. The average Bonchev–Trinajstić information content (AvgIpc) is 2.72. The lowest BCUT2D eigenvalue weighted by molar-refractivity contribution is -0.145. The summed E-state index contributed by atoms with van der Waals surface area (Å²) in [5.74, 6) is -1.17. The standard InChI is InChI=1S/C21H23NO6/c1-3-27-17-11-9-16(10-12-17)20(24)28-14-19(23)22-18(21(25)26-2)13-15-7-5-4-6-8-15/h4-12,18H,3,13-14H2,1-2H3,(H,22,23). The summed E-state index contributed by atoms with van der Waals surface area (Å²) in [6.45, 7) is 1.88. The van der Waals surface area contributed by atoms with Gasteiger partial charge in [0.25, 0.3) is 5.91 Å². The van der Waals surface area contributed by atoms with Crippen LogP contribution in [0.3, 0.4) is 0 Å². The summed E-state index contributed by atoms with van der Waals surface area (Å²) in [6.07, 6.45) is 0.270. The first-order valence-corrected chi connectivity index (χ1v) is 8.84. The number of esters is 2. The minimum Gasteiger partial charge on any atom is -0.494 e. The van der Waals surface area contributed by atoms with Crippen molar-refractivity contribution in [3.8, 4) is 5.75 Å². The Labute approximate surface area is 163 Å². The SMILES string of the molecule is CCOc1ccc(C(=O)OCC(=O)NC(Cc2ccccc2)C(=O)OC)cc1. The highest BCUT2D eigenvalue weighted by molar-refractivity contribution is 5.92. The first-order chi connectivity index (χ1) is 13.5. The van der Waals surface area contributed by atoms with E-state index in [9.17, 15) is 14.4 Å². The van der Waals surface area contributed by atoms with Gasteiger partial charge in [-0.1, -0.05) is 30.3 Å². The molecule has 0 saturated heterocycles. The van der Waals surface area contributed by atoms with E-state index < -0.39 is 30.5 Å². The maximum Gasteiger partial charge on any atom is 0.338 e. The van der Waals surface area contributed by atoms with Gasteiger partial charge in [-0.2, -0.15) is 0 Å². The van der Waals surface area contributed by atoms with Crippen molar-refractivity contribution in [2.24, 2.45) is 0 Å². The van der Waals surface area contributed by atoms with E-state index in [-0.39, 0.29) is 6.42 Å². The van der Waals surface area contributed by atoms with Crippen LogP contribution in [-0.4, -0.2) is 44.2 Å². The number of benzene rings is 2. The molecule has 1 amide bonds. The maximum absolute atomic E-state index is 12.1. The fourth-order valence-electron chi connectivity index (χ4n) is 2.49. The maximum atomic E-state index is 12.1. The van der Waals surface area contributed by atoms with Gasteiger partial charge in [-0.3, -0.25) is 4.79 Å². The van der Waals surface area contributed by atoms with Gasteiger partial charge in [0, 0.05) is 6.42 Å². The van der Waals surface area contributed by atoms with Crippen LogP contribution in [0.1, 0.15) is 22.8 Å². The second-order valence-electron chi connectivity index (χ2n) is 5.87. The number of nitrogens with one attached hydrogen (secondary N) is 1. The van der Waals surface area contributed by atoms with Crippen LogP contribution in [0.4, 0.5) is 0 Å². The van der Waals surface area contributed by atoms with E-state index >= 15 is 0 Å². The Bertz CT molecular complexity index is 788. The Morgan fingerprint density at radius 1 is 1.00 bits per heavy atom. The van der Waals surface area contributed by atoms with Crippen molar-refractivity contribution in [3.63, 3.8) is 0 Å². The molecular formula is C21H23NO6. The summed E-state index contributed by atoms with van der Waals surface area (Å²) in [5.41, 5.74) is 1.16. The Balaban J connectivity index is 1.89. The van der Waals surface area contributed by atoms with Crippen molar-refractivity contribution in [3.05, 3.63) is 65.7 Å². The van der Waals surface area contributed by atoms with Gasteiger partial charge in [0.15, 0.2) is 6.61 Å². The van der Waals surface area contributed by atoms with Gasteiger partial charge >= 0.3 is 11.9 Å². The normalized spacial score (nSPS) is 11.2. The smallest absolute Gasteiger partial charge is 0.338 e. The van der Waals surface area contributed by atoms with E-state index in [1.54, 1.807) is 24.3 Å². The summed E-state index contributed by atoms with van der Waals surface area (Å²) in [6, 6.07) is 14.7. The molecule has 1 atom stereocenters. The highest BCUT2D eigenvalue weighted by Crippen LogP contribution is 2.13. The highest BCUT2D eigenvalue weighted by atomic mass is 16.5. The van der Waals surface area contributed by atoms with Gasteiger partial charge in [0.1, 0.15) is 11.8 Å². The fraction of sp³-hybridized carbons (Fsp3) is 0.286. The van der Waals surface area contributed by atoms with Crippen LogP contribution < -0.4 is 10.1 Å². The van der Waals surface area contributed by atoms with E-state index in [1.807, 2.05) is 37.3 Å². The second kappa shape index (κ2) is 10.7. The number of hydrogen-bond acceptors (Lipinski definition) is 6. The highest BCUT2D eigenvalue weighted by Gasteiger charge is 2.22. The van der Waals surface area contributed by atoms with Gasteiger partial charge in [0.2, 0.25) is 0 Å². The second-order valence-corrected chi connectivity index (χ2v) is 5.87. The molecule has 2 aromatic rings. The zero-order valence-electron chi connectivity index (χ0n) is 15.8. The van der Waals surface area contributed by atoms with Crippen LogP contribution in [0.25, 0.3) is 0 Å². The summed E-state index contributed by atoms with van der Waals surface area (Å²) in [5, 5.41) is 2.54. The van der Waals surface area contributed by atoms with Crippen LogP contribution >= 0.6 is 0 Å². The van der Waals surface area contributed by atoms with Crippen LogP contribution in [-0.2, 0) is 25.5 Å². The van der Waals surface area contributed by atoms with Crippen molar-refractivity contribution in [2.75, 3.05) is 20.3 Å². The number of ether oxygens (including phenoxy) is 3. The first kappa shape index (κ1) is 21.0. The predicted octanol–water partition coefficient (Wildman–Crippen LogP) is 2.14. The minimum absolute atomic E-state index is 0.270. The molecule has 28 heavy (non-hydrogen) atoms. The molecule has 0 bridgehead atoms. The molecule has 2 aromatic carbocycles. The number of methoxy groups -OCH3 is 1. The number of rotatable bonds is 9. The van der Waals surface area contributed by atoms with E-state index in [4.69, 9.17) is 14.2 Å². The molecule has 0 aliphatic rings. The largest absolute Gasteiger partial charge is 0.494 e. The van der Waals surface area contributed by atoms with E-state index in [1.165, 1.54) is 7.11 Å². The predicted molar refractivity (Wildman–Crippen MR) is 102 cm³/mol. The van der Waals surface area contributed by atoms with Gasteiger partial charge in [-0.15, -0.1) is 0 Å². The molecule has 0 radical (unpaired) electrons. The van der Waals surface area contributed by atoms with Crippen LogP contribution in [0, 0.1) is 0 Å². The average molecular weight is 385 g/mol. The van der Waals surface area contributed by atoms with Crippen molar-refractivity contribution in [1.29, 1.82) is 0 Å².